The fraction of sp³-hybridized carbons (Fsp3) is 0.417. The fourth-order valence-electron chi connectivity index (χ4n) is 1.82. The second-order valence-electron chi connectivity index (χ2n) is 3.99. The molecule has 0 radical (unpaired) electrons. The van der Waals surface area contributed by atoms with Gasteiger partial charge in [0.1, 0.15) is 11.9 Å². The number of benzene rings is 1. The number of nitrogens with zero attached hydrogens (tertiary/aromatic N) is 1. The highest BCUT2D eigenvalue weighted by Gasteiger charge is 2.38. The van der Waals surface area contributed by atoms with Gasteiger partial charge in [-0.25, -0.2) is 0 Å². The van der Waals surface area contributed by atoms with Crippen LogP contribution in [0, 0.1) is 0 Å². The zero-order chi connectivity index (χ0) is 11.0. The van der Waals surface area contributed by atoms with Gasteiger partial charge in [-0.15, -0.1) is 0 Å². The van der Waals surface area contributed by atoms with Crippen molar-refractivity contribution in [2.45, 2.75) is 17.8 Å². The van der Waals surface area contributed by atoms with Crippen molar-refractivity contribution >= 4 is 17.5 Å². The highest BCUT2D eigenvalue weighted by atomic mass is 32.2. The Morgan fingerprint density at radius 3 is 2.75 bits per heavy atom. The first kappa shape index (κ1) is 10.0. The van der Waals surface area contributed by atoms with Crippen molar-refractivity contribution in [1.82, 2.24) is 0 Å². The van der Waals surface area contributed by atoms with Gasteiger partial charge in [-0.3, -0.25) is 0 Å². The van der Waals surface area contributed by atoms with Crippen LogP contribution in [0.1, 0.15) is 12.0 Å². The molecule has 4 heteroatoms. The Morgan fingerprint density at radius 2 is 2.12 bits per heavy atom. The van der Waals surface area contributed by atoms with Gasteiger partial charge in [0.05, 0.1) is 18.1 Å². The van der Waals surface area contributed by atoms with Crippen LogP contribution in [0.15, 0.2) is 29.4 Å². The summed E-state index contributed by atoms with van der Waals surface area (Å²) in [7, 11) is 1.67. The lowest BCUT2D eigenvalue weighted by Crippen LogP contribution is -2.14. The first-order valence-corrected chi connectivity index (χ1v) is 6.40. The Balaban J connectivity index is 1.72. The maximum atomic E-state index is 5.44. The van der Waals surface area contributed by atoms with Gasteiger partial charge >= 0.3 is 0 Å². The van der Waals surface area contributed by atoms with Crippen LogP contribution in [0.4, 0.5) is 0 Å². The van der Waals surface area contributed by atoms with Crippen molar-refractivity contribution in [2.24, 2.45) is 5.16 Å². The van der Waals surface area contributed by atoms with Crippen LogP contribution in [-0.2, 0) is 4.84 Å². The highest BCUT2D eigenvalue weighted by molar-refractivity contribution is 8.06. The predicted molar refractivity (Wildman–Crippen MR) is 65.3 cm³/mol. The van der Waals surface area contributed by atoms with E-state index in [-0.39, 0.29) is 0 Å². The topological polar surface area (TPSA) is 30.8 Å². The number of thioether (sulfide) groups is 1. The Kier molecular flexibility index (Phi) is 2.52. The standard InChI is InChI=1S/C12H13NO2S/c1-14-9-4-2-8(3-5-9)10-6-11(15-13-10)12-7-16-12/h2-5,11-12H,6-7H2,1H3/t11?,12-/m1/s1. The molecule has 2 atom stereocenters. The zero-order valence-corrected chi connectivity index (χ0v) is 9.87. The fourth-order valence-corrected chi connectivity index (χ4v) is 2.51. The van der Waals surface area contributed by atoms with Gasteiger partial charge in [-0.2, -0.15) is 11.8 Å². The second kappa shape index (κ2) is 4.01. The van der Waals surface area contributed by atoms with Gasteiger partial charge in [-0.05, 0) is 29.8 Å². The number of rotatable bonds is 3. The van der Waals surface area contributed by atoms with E-state index in [2.05, 4.69) is 5.16 Å². The number of methoxy groups -OCH3 is 1. The molecule has 16 heavy (non-hydrogen) atoms. The van der Waals surface area contributed by atoms with Crippen molar-refractivity contribution in [1.29, 1.82) is 0 Å². The van der Waals surface area contributed by atoms with Crippen LogP contribution >= 0.6 is 11.8 Å². The van der Waals surface area contributed by atoms with Crippen molar-refractivity contribution < 1.29 is 9.57 Å². The summed E-state index contributed by atoms with van der Waals surface area (Å²) < 4.78 is 5.13. The summed E-state index contributed by atoms with van der Waals surface area (Å²) in [6.45, 7) is 0. The molecule has 1 aromatic rings. The summed E-state index contributed by atoms with van der Waals surface area (Å²) in [6.07, 6.45) is 1.23. The average Bonchev–Trinajstić information content (AvgIpc) is 3.08. The van der Waals surface area contributed by atoms with Crippen molar-refractivity contribution in [2.75, 3.05) is 12.9 Å². The molecule has 1 saturated heterocycles. The number of oxime groups is 1. The molecule has 3 rings (SSSR count). The van der Waals surface area contributed by atoms with E-state index < -0.39 is 0 Å². The van der Waals surface area contributed by atoms with Crippen LogP contribution in [0.5, 0.6) is 5.75 Å². The van der Waals surface area contributed by atoms with E-state index >= 15 is 0 Å². The van der Waals surface area contributed by atoms with Crippen LogP contribution in [0.25, 0.3) is 0 Å². The monoisotopic (exact) mass is 235 g/mol. The van der Waals surface area contributed by atoms with E-state index in [4.69, 9.17) is 9.57 Å². The highest BCUT2D eigenvalue weighted by Crippen LogP contribution is 2.38. The Morgan fingerprint density at radius 1 is 1.38 bits per heavy atom. The lowest BCUT2D eigenvalue weighted by Gasteiger charge is -2.03. The van der Waals surface area contributed by atoms with Gasteiger partial charge in [0.25, 0.3) is 0 Å². The van der Waals surface area contributed by atoms with Gasteiger partial charge < -0.3 is 9.57 Å². The van der Waals surface area contributed by atoms with Crippen molar-refractivity contribution in [3.05, 3.63) is 29.8 Å². The van der Waals surface area contributed by atoms with Gasteiger partial charge in [-0.1, -0.05) is 5.16 Å². The summed E-state index contributed by atoms with van der Waals surface area (Å²) in [5.41, 5.74) is 2.19. The minimum absolute atomic E-state index is 0.294. The molecule has 0 bridgehead atoms. The van der Waals surface area contributed by atoms with Crippen LogP contribution in [-0.4, -0.2) is 29.9 Å². The summed E-state index contributed by atoms with van der Waals surface area (Å²) in [5, 5.41) is 4.83. The van der Waals surface area contributed by atoms with E-state index in [1.54, 1.807) is 7.11 Å². The van der Waals surface area contributed by atoms with Gasteiger partial charge in [0.15, 0.2) is 0 Å². The first-order valence-electron chi connectivity index (χ1n) is 5.35. The number of ether oxygens (including phenoxy) is 1. The lowest BCUT2D eigenvalue weighted by atomic mass is 10.0. The predicted octanol–water partition coefficient (Wildman–Crippen LogP) is 2.30. The quantitative estimate of drug-likeness (QED) is 0.753. The Hall–Kier alpha value is -1.16. The molecular weight excluding hydrogens is 222 g/mol. The largest absolute Gasteiger partial charge is 0.497 e. The third-order valence-electron chi connectivity index (χ3n) is 2.89. The average molecular weight is 235 g/mol. The summed E-state index contributed by atoms with van der Waals surface area (Å²) in [6, 6.07) is 7.97. The molecule has 2 heterocycles. The molecule has 2 aliphatic heterocycles. The van der Waals surface area contributed by atoms with E-state index in [0.717, 1.165) is 23.4 Å². The Labute approximate surface area is 98.8 Å². The molecule has 0 spiro atoms. The summed E-state index contributed by atoms with van der Waals surface area (Å²) >= 11 is 1.95. The van der Waals surface area contributed by atoms with E-state index in [9.17, 15) is 0 Å². The summed E-state index contributed by atoms with van der Waals surface area (Å²) in [4.78, 5) is 5.44. The molecule has 0 amide bonds. The first-order chi connectivity index (χ1) is 7.86. The van der Waals surface area contributed by atoms with Crippen molar-refractivity contribution in [3.8, 4) is 5.75 Å². The maximum absolute atomic E-state index is 5.44. The number of hydrogen-bond acceptors (Lipinski definition) is 4. The number of hydrogen-bond donors (Lipinski definition) is 0. The molecular formula is C12H13NO2S. The van der Waals surface area contributed by atoms with Crippen LogP contribution in [0.3, 0.4) is 0 Å². The van der Waals surface area contributed by atoms with Crippen molar-refractivity contribution in [3.63, 3.8) is 0 Å². The summed E-state index contributed by atoms with van der Waals surface area (Å²) in [5.74, 6) is 2.09. The molecule has 0 saturated carbocycles. The second-order valence-corrected chi connectivity index (χ2v) is 5.26. The minimum Gasteiger partial charge on any atom is -0.497 e. The maximum Gasteiger partial charge on any atom is 0.145 e. The van der Waals surface area contributed by atoms with Crippen LogP contribution in [0.2, 0.25) is 0 Å². The van der Waals surface area contributed by atoms with E-state index in [1.807, 2.05) is 36.0 Å². The van der Waals surface area contributed by atoms with Gasteiger partial charge in [0, 0.05) is 12.2 Å². The lowest BCUT2D eigenvalue weighted by molar-refractivity contribution is 0.0922. The zero-order valence-electron chi connectivity index (χ0n) is 9.05. The molecule has 0 N–H and O–H groups in total. The molecule has 1 aromatic carbocycles. The molecule has 0 aromatic heterocycles. The van der Waals surface area contributed by atoms with E-state index in [0.29, 0.717) is 11.4 Å². The molecule has 1 fully saturated rings. The minimum atomic E-state index is 0.294. The molecule has 0 aliphatic carbocycles. The molecule has 2 aliphatic rings. The smallest absolute Gasteiger partial charge is 0.145 e. The Bertz CT molecular complexity index is 412. The normalized spacial score (nSPS) is 27.2. The van der Waals surface area contributed by atoms with Gasteiger partial charge in [0.2, 0.25) is 0 Å². The third kappa shape index (κ3) is 1.89. The molecule has 84 valence electrons. The SMILES string of the molecule is COc1ccc(C2=NOC([C@H]3CS3)C2)cc1. The third-order valence-corrected chi connectivity index (χ3v) is 3.91. The molecule has 1 unspecified atom stereocenters. The van der Waals surface area contributed by atoms with E-state index in [1.165, 1.54) is 5.75 Å². The van der Waals surface area contributed by atoms with Crippen LogP contribution < -0.4 is 4.74 Å². The molecule has 3 nitrogen and oxygen atoms in total.